The van der Waals surface area contributed by atoms with E-state index in [0.29, 0.717) is 10.4 Å². The molecule has 0 radical (unpaired) electrons. The van der Waals surface area contributed by atoms with Crippen LogP contribution in [0.3, 0.4) is 0 Å². The molecule has 5 nitrogen and oxygen atoms in total. The molecule has 0 amide bonds. The minimum absolute atomic E-state index is 0.235. The number of carbonyl (C=O) groups is 2. The van der Waals surface area contributed by atoms with Crippen LogP contribution in [-0.2, 0) is 4.74 Å². The second kappa shape index (κ2) is 8.05. The predicted octanol–water partition coefficient (Wildman–Crippen LogP) is 4.74. The molecule has 0 aliphatic rings. The van der Waals surface area contributed by atoms with E-state index in [0.717, 1.165) is 16.7 Å². The number of rotatable bonds is 5. The van der Waals surface area contributed by atoms with Crippen molar-refractivity contribution in [3.8, 4) is 22.6 Å². The van der Waals surface area contributed by atoms with Gasteiger partial charge in [0.15, 0.2) is 11.5 Å². The van der Waals surface area contributed by atoms with Gasteiger partial charge in [-0.05, 0) is 42.1 Å². The van der Waals surface area contributed by atoms with Crippen molar-refractivity contribution in [2.45, 2.75) is 6.92 Å². The van der Waals surface area contributed by atoms with E-state index in [1.807, 2.05) is 42.6 Å². The molecule has 0 aliphatic heterocycles. The van der Waals surface area contributed by atoms with Crippen LogP contribution in [0.5, 0.6) is 11.5 Å². The second-order valence-corrected chi connectivity index (χ2v) is 6.69. The van der Waals surface area contributed by atoms with Gasteiger partial charge >= 0.3 is 11.9 Å². The molecule has 0 saturated carbocycles. The molecule has 0 fully saturated rings. The molecule has 2 aromatic carbocycles. The van der Waals surface area contributed by atoms with Gasteiger partial charge < -0.3 is 14.2 Å². The molecule has 3 rings (SSSR count). The monoisotopic (exact) mass is 382 g/mol. The first kappa shape index (κ1) is 18.7. The molecule has 3 aromatic rings. The number of hydrogen-bond acceptors (Lipinski definition) is 6. The fourth-order valence-corrected chi connectivity index (χ4v) is 3.36. The van der Waals surface area contributed by atoms with Gasteiger partial charge in [0, 0.05) is 5.56 Å². The molecule has 0 saturated heterocycles. The van der Waals surface area contributed by atoms with Crippen molar-refractivity contribution < 1.29 is 23.8 Å². The number of hydrogen-bond donors (Lipinski definition) is 0. The molecule has 0 spiro atoms. The Balaban J connectivity index is 1.87. The van der Waals surface area contributed by atoms with Crippen molar-refractivity contribution in [2.24, 2.45) is 0 Å². The summed E-state index contributed by atoms with van der Waals surface area (Å²) in [5, 5.41) is 1.85. The lowest BCUT2D eigenvalue weighted by atomic mass is 10.1. The van der Waals surface area contributed by atoms with Gasteiger partial charge in [0.05, 0.1) is 19.8 Å². The number of carbonyl (C=O) groups excluding carboxylic acids is 2. The number of benzene rings is 2. The third-order valence-electron chi connectivity index (χ3n) is 4.00. The highest BCUT2D eigenvalue weighted by molar-refractivity contribution is 7.12. The quantitative estimate of drug-likeness (QED) is 0.471. The third kappa shape index (κ3) is 4.01. The molecule has 0 atom stereocenters. The van der Waals surface area contributed by atoms with E-state index in [4.69, 9.17) is 9.47 Å². The molecule has 6 heteroatoms. The Morgan fingerprint density at radius 1 is 0.889 bits per heavy atom. The number of esters is 2. The fraction of sp³-hybridized carbons (Fsp3) is 0.143. The maximum absolute atomic E-state index is 12.7. The summed E-state index contributed by atoms with van der Waals surface area (Å²) in [4.78, 5) is 24.9. The van der Waals surface area contributed by atoms with E-state index in [1.165, 1.54) is 43.8 Å². The Kier molecular flexibility index (Phi) is 5.57. The Hall–Kier alpha value is -3.12. The average Bonchev–Trinajstić information content (AvgIpc) is 3.18. The van der Waals surface area contributed by atoms with Crippen LogP contribution in [0.4, 0.5) is 0 Å². The van der Waals surface area contributed by atoms with Gasteiger partial charge in [0.25, 0.3) is 0 Å². The van der Waals surface area contributed by atoms with E-state index < -0.39 is 11.9 Å². The number of thiophene rings is 1. The summed E-state index contributed by atoms with van der Waals surface area (Å²) in [5.41, 5.74) is 3.22. The van der Waals surface area contributed by atoms with Crippen LogP contribution >= 0.6 is 11.3 Å². The molecule has 1 heterocycles. The van der Waals surface area contributed by atoms with Crippen LogP contribution in [0.25, 0.3) is 11.1 Å². The molecule has 138 valence electrons. The third-order valence-corrected chi connectivity index (χ3v) is 4.90. The predicted molar refractivity (Wildman–Crippen MR) is 104 cm³/mol. The Labute approximate surface area is 161 Å². The topological polar surface area (TPSA) is 61.8 Å². The van der Waals surface area contributed by atoms with E-state index in [-0.39, 0.29) is 11.5 Å². The first-order chi connectivity index (χ1) is 13.0. The molecule has 0 unspecified atom stereocenters. The van der Waals surface area contributed by atoms with Gasteiger partial charge in [0.1, 0.15) is 4.88 Å². The van der Waals surface area contributed by atoms with Crippen molar-refractivity contribution >= 4 is 23.3 Å². The summed E-state index contributed by atoms with van der Waals surface area (Å²) >= 11 is 1.31. The Bertz CT molecular complexity index is 972. The SMILES string of the molecule is COC(=O)c1ccc(OC(=O)c2sccc2-c2ccc(C)cc2)c(OC)c1. The Morgan fingerprint density at radius 2 is 1.63 bits per heavy atom. The Morgan fingerprint density at radius 3 is 2.30 bits per heavy atom. The highest BCUT2D eigenvalue weighted by Crippen LogP contribution is 2.33. The second-order valence-electron chi connectivity index (χ2n) is 5.78. The lowest BCUT2D eigenvalue weighted by molar-refractivity contribution is 0.0600. The maximum atomic E-state index is 12.7. The van der Waals surface area contributed by atoms with Crippen molar-refractivity contribution in [2.75, 3.05) is 14.2 Å². The maximum Gasteiger partial charge on any atom is 0.354 e. The fourth-order valence-electron chi connectivity index (χ4n) is 2.57. The van der Waals surface area contributed by atoms with Crippen LogP contribution in [0, 0.1) is 6.92 Å². The molecular weight excluding hydrogens is 364 g/mol. The number of aryl methyl sites for hydroxylation is 1. The lowest BCUT2D eigenvalue weighted by Crippen LogP contribution is -2.09. The van der Waals surface area contributed by atoms with Crippen molar-refractivity contribution in [1.29, 1.82) is 0 Å². The number of methoxy groups -OCH3 is 2. The van der Waals surface area contributed by atoms with Crippen molar-refractivity contribution in [1.82, 2.24) is 0 Å². The van der Waals surface area contributed by atoms with Crippen LogP contribution in [0.1, 0.15) is 25.6 Å². The van der Waals surface area contributed by atoms with Gasteiger partial charge in [-0.3, -0.25) is 0 Å². The van der Waals surface area contributed by atoms with Gasteiger partial charge in [-0.25, -0.2) is 9.59 Å². The zero-order valence-electron chi connectivity index (χ0n) is 15.1. The first-order valence-electron chi connectivity index (χ1n) is 8.16. The van der Waals surface area contributed by atoms with Crippen molar-refractivity contribution in [3.05, 3.63) is 69.9 Å². The van der Waals surface area contributed by atoms with Crippen LogP contribution in [-0.4, -0.2) is 26.2 Å². The molecule has 0 N–H and O–H groups in total. The molecular formula is C21H18O5S. The van der Waals surface area contributed by atoms with Crippen LogP contribution < -0.4 is 9.47 Å². The van der Waals surface area contributed by atoms with Gasteiger partial charge in [-0.1, -0.05) is 29.8 Å². The summed E-state index contributed by atoms with van der Waals surface area (Å²) in [6.07, 6.45) is 0. The largest absolute Gasteiger partial charge is 0.493 e. The van der Waals surface area contributed by atoms with E-state index in [9.17, 15) is 9.59 Å². The first-order valence-corrected chi connectivity index (χ1v) is 9.04. The van der Waals surface area contributed by atoms with Crippen LogP contribution in [0.2, 0.25) is 0 Å². The standard InChI is InChI=1S/C21H18O5S/c1-13-4-6-14(7-5-13)16-10-11-27-19(16)21(23)26-17-9-8-15(20(22)25-3)12-18(17)24-2/h4-12H,1-3H3. The summed E-state index contributed by atoms with van der Waals surface area (Å²) in [5.74, 6) is -0.464. The van der Waals surface area contributed by atoms with Crippen molar-refractivity contribution in [3.63, 3.8) is 0 Å². The summed E-state index contributed by atoms with van der Waals surface area (Å²) < 4.78 is 15.5. The molecule has 1 aromatic heterocycles. The van der Waals surface area contributed by atoms with Gasteiger partial charge in [-0.2, -0.15) is 0 Å². The summed E-state index contributed by atoms with van der Waals surface area (Å²) in [6.45, 7) is 2.01. The van der Waals surface area contributed by atoms with E-state index in [2.05, 4.69) is 4.74 Å². The zero-order valence-corrected chi connectivity index (χ0v) is 16.0. The smallest absolute Gasteiger partial charge is 0.354 e. The number of ether oxygens (including phenoxy) is 3. The van der Waals surface area contributed by atoms with E-state index in [1.54, 1.807) is 0 Å². The minimum Gasteiger partial charge on any atom is -0.493 e. The normalized spacial score (nSPS) is 10.3. The zero-order chi connectivity index (χ0) is 19.4. The average molecular weight is 382 g/mol. The molecule has 0 aliphatic carbocycles. The highest BCUT2D eigenvalue weighted by atomic mass is 32.1. The lowest BCUT2D eigenvalue weighted by Gasteiger charge is -2.11. The van der Waals surface area contributed by atoms with Gasteiger partial charge in [0.2, 0.25) is 0 Å². The summed E-state index contributed by atoms with van der Waals surface area (Å²) in [7, 11) is 2.74. The van der Waals surface area contributed by atoms with Crippen LogP contribution in [0.15, 0.2) is 53.9 Å². The minimum atomic E-state index is -0.494. The van der Waals surface area contributed by atoms with Gasteiger partial charge in [-0.15, -0.1) is 11.3 Å². The molecule has 27 heavy (non-hydrogen) atoms. The summed E-state index contributed by atoms with van der Waals surface area (Å²) in [6, 6.07) is 14.3. The van der Waals surface area contributed by atoms with E-state index >= 15 is 0 Å². The molecule has 0 bridgehead atoms. The highest BCUT2D eigenvalue weighted by Gasteiger charge is 2.19.